The zero-order chi connectivity index (χ0) is 19.8. The lowest BCUT2D eigenvalue weighted by molar-refractivity contribution is 0.0745. The van der Waals surface area contributed by atoms with Gasteiger partial charge in [0.2, 0.25) is 6.79 Å². The van der Waals surface area contributed by atoms with Crippen molar-refractivity contribution in [3.63, 3.8) is 0 Å². The molecule has 0 atom stereocenters. The molecule has 2 heterocycles. The molecular formula is C23H23N3O3. The van der Waals surface area contributed by atoms with Crippen LogP contribution in [-0.4, -0.2) is 33.9 Å². The van der Waals surface area contributed by atoms with Crippen LogP contribution >= 0.6 is 0 Å². The van der Waals surface area contributed by atoms with Crippen LogP contribution in [0.4, 0.5) is 0 Å². The van der Waals surface area contributed by atoms with E-state index in [1.165, 1.54) is 5.69 Å². The summed E-state index contributed by atoms with van der Waals surface area (Å²) >= 11 is 0. The molecule has 0 saturated heterocycles. The lowest BCUT2D eigenvalue weighted by Gasteiger charge is -2.20. The third-order valence-corrected chi connectivity index (χ3v) is 5.61. The van der Waals surface area contributed by atoms with Crippen molar-refractivity contribution >= 4 is 5.91 Å². The highest BCUT2D eigenvalue weighted by molar-refractivity contribution is 5.94. The molecule has 0 spiro atoms. The minimum Gasteiger partial charge on any atom is -0.454 e. The molecule has 0 unspecified atom stereocenters. The van der Waals surface area contributed by atoms with Crippen LogP contribution in [0.15, 0.2) is 48.5 Å². The topological polar surface area (TPSA) is 56.6 Å². The van der Waals surface area contributed by atoms with E-state index in [-0.39, 0.29) is 12.7 Å². The van der Waals surface area contributed by atoms with Crippen molar-refractivity contribution in [2.75, 3.05) is 13.3 Å². The van der Waals surface area contributed by atoms with E-state index in [9.17, 15) is 4.79 Å². The Morgan fingerprint density at radius 1 is 1.10 bits per heavy atom. The average Bonchev–Trinajstić information content (AvgIpc) is 3.48. The first-order valence-electron chi connectivity index (χ1n) is 10.1. The number of para-hydroxylation sites is 1. The molecule has 0 radical (unpaired) electrons. The average molecular weight is 389 g/mol. The summed E-state index contributed by atoms with van der Waals surface area (Å²) in [6, 6.07) is 15.9. The Bertz CT molecular complexity index is 1060. The zero-order valence-electron chi connectivity index (χ0n) is 16.4. The van der Waals surface area contributed by atoms with Crippen LogP contribution in [0.3, 0.4) is 0 Å². The highest BCUT2D eigenvalue weighted by Gasteiger charge is 2.29. The van der Waals surface area contributed by atoms with Crippen LogP contribution in [0.25, 0.3) is 5.69 Å². The normalized spacial score (nSPS) is 14.1. The SMILES string of the molecule is CCN(Cc1ccc2c(c1)OCO2)C(=O)c1nn(-c2ccccc2)c2c1CCC2. The van der Waals surface area contributed by atoms with Crippen molar-refractivity contribution in [2.45, 2.75) is 32.7 Å². The Balaban J connectivity index is 1.45. The number of rotatable bonds is 5. The Morgan fingerprint density at radius 3 is 2.76 bits per heavy atom. The minimum atomic E-state index is -0.0157. The molecule has 0 fully saturated rings. The van der Waals surface area contributed by atoms with Crippen molar-refractivity contribution in [1.82, 2.24) is 14.7 Å². The largest absolute Gasteiger partial charge is 0.454 e. The van der Waals surface area contributed by atoms with Gasteiger partial charge < -0.3 is 14.4 Å². The van der Waals surface area contributed by atoms with Crippen LogP contribution in [0.1, 0.15) is 40.7 Å². The minimum absolute atomic E-state index is 0.0157. The molecule has 0 N–H and O–H groups in total. The van der Waals surface area contributed by atoms with Crippen LogP contribution < -0.4 is 9.47 Å². The highest BCUT2D eigenvalue weighted by atomic mass is 16.7. The lowest BCUT2D eigenvalue weighted by atomic mass is 10.1. The summed E-state index contributed by atoms with van der Waals surface area (Å²) in [5, 5.41) is 4.75. The maximum Gasteiger partial charge on any atom is 0.274 e. The molecule has 148 valence electrons. The summed E-state index contributed by atoms with van der Waals surface area (Å²) in [5.41, 5.74) is 4.87. The summed E-state index contributed by atoms with van der Waals surface area (Å²) in [6.45, 7) is 3.37. The van der Waals surface area contributed by atoms with E-state index < -0.39 is 0 Å². The van der Waals surface area contributed by atoms with Crippen molar-refractivity contribution in [1.29, 1.82) is 0 Å². The number of hydrogen-bond donors (Lipinski definition) is 0. The first-order chi connectivity index (χ1) is 14.2. The molecule has 1 aliphatic carbocycles. The first-order valence-corrected chi connectivity index (χ1v) is 10.1. The molecular weight excluding hydrogens is 366 g/mol. The van der Waals surface area contributed by atoms with E-state index in [1.807, 2.05) is 65.0 Å². The number of hydrogen-bond acceptors (Lipinski definition) is 4. The van der Waals surface area contributed by atoms with Gasteiger partial charge >= 0.3 is 0 Å². The van der Waals surface area contributed by atoms with Gasteiger partial charge in [-0.05, 0) is 56.0 Å². The number of aromatic nitrogens is 2. The number of ether oxygens (including phenoxy) is 2. The molecule has 0 bridgehead atoms. The Morgan fingerprint density at radius 2 is 1.93 bits per heavy atom. The smallest absolute Gasteiger partial charge is 0.274 e. The van der Waals surface area contributed by atoms with E-state index in [1.54, 1.807) is 0 Å². The third kappa shape index (κ3) is 3.14. The van der Waals surface area contributed by atoms with E-state index in [0.717, 1.165) is 47.6 Å². The number of carbonyl (C=O) groups is 1. The zero-order valence-corrected chi connectivity index (χ0v) is 16.4. The second kappa shape index (κ2) is 7.28. The van der Waals surface area contributed by atoms with E-state index in [0.29, 0.717) is 18.8 Å². The van der Waals surface area contributed by atoms with E-state index in [2.05, 4.69) is 0 Å². The van der Waals surface area contributed by atoms with Gasteiger partial charge in [0.05, 0.1) is 5.69 Å². The van der Waals surface area contributed by atoms with Gasteiger partial charge in [0, 0.05) is 24.3 Å². The summed E-state index contributed by atoms with van der Waals surface area (Å²) in [4.78, 5) is 15.3. The molecule has 6 nitrogen and oxygen atoms in total. The van der Waals surface area contributed by atoms with Gasteiger partial charge in [-0.1, -0.05) is 24.3 Å². The quantitative estimate of drug-likeness (QED) is 0.667. The van der Waals surface area contributed by atoms with Gasteiger partial charge in [-0.2, -0.15) is 5.10 Å². The fourth-order valence-corrected chi connectivity index (χ4v) is 4.13. The summed E-state index contributed by atoms with van der Waals surface area (Å²) in [7, 11) is 0. The summed E-state index contributed by atoms with van der Waals surface area (Å²) in [5.74, 6) is 1.47. The fourth-order valence-electron chi connectivity index (χ4n) is 4.13. The highest BCUT2D eigenvalue weighted by Crippen LogP contribution is 2.33. The van der Waals surface area contributed by atoms with Gasteiger partial charge in [-0.25, -0.2) is 4.68 Å². The standard InChI is InChI=1S/C23H23N3O3/c1-2-25(14-16-11-12-20-21(13-16)29-15-28-20)23(27)22-18-9-6-10-19(18)26(24-22)17-7-4-3-5-8-17/h3-5,7-8,11-13H,2,6,9-10,14-15H2,1H3. The van der Waals surface area contributed by atoms with Crippen LogP contribution in [-0.2, 0) is 19.4 Å². The second-order valence-electron chi connectivity index (χ2n) is 7.38. The molecule has 2 aliphatic rings. The number of benzene rings is 2. The molecule has 1 amide bonds. The summed E-state index contributed by atoms with van der Waals surface area (Å²) < 4.78 is 12.8. The molecule has 29 heavy (non-hydrogen) atoms. The molecule has 5 rings (SSSR count). The van der Waals surface area contributed by atoms with Crippen LogP contribution in [0, 0.1) is 0 Å². The number of amides is 1. The van der Waals surface area contributed by atoms with Crippen LogP contribution in [0.5, 0.6) is 11.5 Å². The molecule has 1 aromatic heterocycles. The third-order valence-electron chi connectivity index (χ3n) is 5.61. The van der Waals surface area contributed by atoms with E-state index in [4.69, 9.17) is 14.6 Å². The van der Waals surface area contributed by atoms with E-state index >= 15 is 0 Å². The Labute approximate surface area is 169 Å². The van der Waals surface area contributed by atoms with Gasteiger partial charge in [0.25, 0.3) is 5.91 Å². The number of nitrogens with zero attached hydrogens (tertiary/aromatic N) is 3. The van der Waals surface area contributed by atoms with Crippen molar-refractivity contribution in [2.24, 2.45) is 0 Å². The van der Waals surface area contributed by atoms with Gasteiger partial charge in [0.15, 0.2) is 17.2 Å². The molecule has 2 aromatic carbocycles. The number of fused-ring (bicyclic) bond motifs is 2. The van der Waals surface area contributed by atoms with Gasteiger partial charge in [-0.15, -0.1) is 0 Å². The monoisotopic (exact) mass is 389 g/mol. The Kier molecular flexibility index (Phi) is 4.46. The Hall–Kier alpha value is -3.28. The maximum absolute atomic E-state index is 13.4. The summed E-state index contributed by atoms with van der Waals surface area (Å²) in [6.07, 6.45) is 2.93. The number of carbonyl (C=O) groups excluding carboxylic acids is 1. The maximum atomic E-state index is 13.4. The van der Waals surface area contributed by atoms with Gasteiger partial charge in [0.1, 0.15) is 0 Å². The van der Waals surface area contributed by atoms with Crippen molar-refractivity contribution in [3.05, 3.63) is 71.0 Å². The fraction of sp³-hybridized carbons (Fsp3) is 0.304. The van der Waals surface area contributed by atoms with Gasteiger partial charge in [-0.3, -0.25) is 4.79 Å². The first kappa shape index (κ1) is 17.8. The van der Waals surface area contributed by atoms with Crippen molar-refractivity contribution < 1.29 is 14.3 Å². The predicted octanol–water partition coefficient (Wildman–Crippen LogP) is 3.75. The molecule has 3 aromatic rings. The lowest BCUT2D eigenvalue weighted by Crippen LogP contribution is -2.31. The van der Waals surface area contributed by atoms with Crippen LogP contribution in [0.2, 0.25) is 0 Å². The molecule has 1 aliphatic heterocycles. The predicted molar refractivity (Wildman–Crippen MR) is 109 cm³/mol. The molecule has 0 saturated carbocycles. The second-order valence-corrected chi connectivity index (χ2v) is 7.38. The van der Waals surface area contributed by atoms with Crippen molar-refractivity contribution in [3.8, 4) is 17.2 Å². The molecule has 6 heteroatoms.